The Kier molecular flexibility index (Phi) is 4.01. The first-order chi connectivity index (χ1) is 10.7. The first kappa shape index (κ1) is 14.5. The molecule has 2 heterocycles. The molecular weight excluding hydrogens is 300 g/mol. The average Bonchev–Trinajstić information content (AvgIpc) is 2.95. The molecule has 0 aliphatic heterocycles. The van der Waals surface area contributed by atoms with Crippen LogP contribution < -0.4 is 4.90 Å². The molecule has 0 aliphatic carbocycles. The Morgan fingerprint density at radius 1 is 1.27 bits per heavy atom. The molecule has 2 aromatic heterocycles. The van der Waals surface area contributed by atoms with Gasteiger partial charge in [-0.25, -0.2) is 14.6 Å². The van der Waals surface area contributed by atoms with Gasteiger partial charge in [-0.2, -0.15) is 0 Å². The van der Waals surface area contributed by atoms with Crippen LogP contribution in [0.3, 0.4) is 0 Å². The van der Waals surface area contributed by atoms with Crippen molar-refractivity contribution in [2.24, 2.45) is 7.05 Å². The number of hydrogen-bond donors (Lipinski definition) is 0. The molecule has 3 aromatic rings. The normalized spacial score (nSPS) is 10.8. The molecule has 0 spiro atoms. The van der Waals surface area contributed by atoms with Crippen LogP contribution in [-0.2, 0) is 11.8 Å². The van der Waals surface area contributed by atoms with Crippen LogP contribution in [0.1, 0.15) is 0 Å². The van der Waals surface area contributed by atoms with E-state index >= 15 is 0 Å². The number of para-hydroxylation sites is 1. The van der Waals surface area contributed by atoms with E-state index in [2.05, 4.69) is 20.3 Å². The van der Waals surface area contributed by atoms with E-state index in [1.807, 2.05) is 30.3 Å². The molecule has 3 rings (SSSR count). The van der Waals surface area contributed by atoms with Gasteiger partial charge in [-0.15, -0.1) is 5.10 Å². The molecule has 1 amide bonds. The van der Waals surface area contributed by atoms with Crippen molar-refractivity contribution in [1.82, 2.24) is 25.0 Å². The molecule has 0 bridgehead atoms. The van der Waals surface area contributed by atoms with Crippen molar-refractivity contribution in [2.45, 2.75) is 5.03 Å². The van der Waals surface area contributed by atoms with E-state index < -0.39 is 0 Å². The van der Waals surface area contributed by atoms with E-state index in [0.717, 1.165) is 5.69 Å². The maximum Gasteiger partial charge on any atom is 0.237 e. The van der Waals surface area contributed by atoms with Crippen LogP contribution in [-0.4, -0.2) is 43.7 Å². The van der Waals surface area contributed by atoms with E-state index in [1.54, 1.807) is 23.7 Å². The number of fused-ring (bicyclic) bond motifs is 1. The lowest BCUT2D eigenvalue weighted by molar-refractivity contribution is -0.115. The standard InChI is InChI=1S/C14H14N6OS/c1-19(10-6-4-3-5-7-10)11(21)8-22-14-12-13(15-9-16-14)20(2)18-17-12/h3-7,9H,8H2,1-2H3. The predicted octanol–water partition coefficient (Wildman–Crippen LogP) is 1.51. The van der Waals surface area contributed by atoms with Gasteiger partial charge in [-0.3, -0.25) is 4.79 Å². The molecule has 112 valence electrons. The molecule has 0 atom stereocenters. The van der Waals surface area contributed by atoms with Gasteiger partial charge < -0.3 is 4.90 Å². The molecule has 1 aromatic carbocycles. The van der Waals surface area contributed by atoms with E-state index in [1.165, 1.54) is 18.1 Å². The van der Waals surface area contributed by atoms with Gasteiger partial charge in [0.1, 0.15) is 11.4 Å². The third-order valence-corrected chi connectivity index (χ3v) is 4.17. The van der Waals surface area contributed by atoms with E-state index in [-0.39, 0.29) is 11.7 Å². The minimum Gasteiger partial charge on any atom is -0.315 e. The number of nitrogens with zero attached hydrogens (tertiary/aromatic N) is 6. The number of aryl methyl sites for hydroxylation is 1. The number of thioether (sulfide) groups is 1. The van der Waals surface area contributed by atoms with Crippen molar-refractivity contribution in [3.63, 3.8) is 0 Å². The molecular formula is C14H14N6OS. The highest BCUT2D eigenvalue weighted by atomic mass is 32.2. The minimum absolute atomic E-state index is 0.00754. The first-order valence-corrected chi connectivity index (χ1v) is 7.60. The number of anilines is 1. The Morgan fingerprint density at radius 3 is 2.82 bits per heavy atom. The number of rotatable bonds is 4. The molecule has 0 aliphatic rings. The molecule has 0 saturated carbocycles. The van der Waals surface area contributed by atoms with Crippen molar-refractivity contribution in [2.75, 3.05) is 17.7 Å². The summed E-state index contributed by atoms with van der Waals surface area (Å²) < 4.78 is 1.58. The SMILES string of the molecule is CN(C(=O)CSc1ncnc2c1nnn2C)c1ccccc1. The zero-order valence-corrected chi connectivity index (χ0v) is 13.0. The van der Waals surface area contributed by atoms with Gasteiger partial charge in [-0.05, 0) is 12.1 Å². The molecule has 0 radical (unpaired) electrons. The Labute approximate surface area is 131 Å². The third-order valence-electron chi connectivity index (χ3n) is 3.20. The Morgan fingerprint density at radius 2 is 2.05 bits per heavy atom. The lowest BCUT2D eigenvalue weighted by Crippen LogP contribution is -2.27. The monoisotopic (exact) mass is 314 g/mol. The molecule has 7 nitrogen and oxygen atoms in total. The topological polar surface area (TPSA) is 76.8 Å². The molecule has 0 saturated heterocycles. The fourth-order valence-corrected chi connectivity index (χ4v) is 2.80. The minimum atomic E-state index is -0.00754. The predicted molar refractivity (Wildman–Crippen MR) is 84.7 cm³/mol. The second kappa shape index (κ2) is 6.10. The van der Waals surface area contributed by atoms with Gasteiger partial charge in [0.15, 0.2) is 11.2 Å². The number of benzene rings is 1. The summed E-state index contributed by atoms with van der Waals surface area (Å²) in [6.07, 6.45) is 1.46. The number of hydrogen-bond acceptors (Lipinski definition) is 6. The van der Waals surface area contributed by atoms with Gasteiger partial charge in [0.05, 0.1) is 5.75 Å². The van der Waals surface area contributed by atoms with Crippen molar-refractivity contribution in [3.05, 3.63) is 36.7 Å². The summed E-state index contributed by atoms with van der Waals surface area (Å²) in [5.74, 6) is 0.264. The lowest BCUT2D eigenvalue weighted by atomic mass is 10.3. The quantitative estimate of drug-likeness (QED) is 0.537. The summed E-state index contributed by atoms with van der Waals surface area (Å²) in [4.78, 5) is 22.2. The fraction of sp³-hybridized carbons (Fsp3) is 0.214. The second-order valence-corrected chi connectivity index (χ2v) is 5.61. The average molecular weight is 314 g/mol. The highest BCUT2D eigenvalue weighted by Gasteiger charge is 2.15. The van der Waals surface area contributed by atoms with Crippen LogP contribution in [0.15, 0.2) is 41.7 Å². The summed E-state index contributed by atoms with van der Waals surface area (Å²) in [6, 6.07) is 9.52. The van der Waals surface area contributed by atoms with Crippen LogP contribution in [0.25, 0.3) is 11.2 Å². The van der Waals surface area contributed by atoms with Gasteiger partial charge in [0, 0.05) is 19.8 Å². The van der Waals surface area contributed by atoms with Crippen LogP contribution in [0.4, 0.5) is 5.69 Å². The largest absolute Gasteiger partial charge is 0.315 e. The molecule has 22 heavy (non-hydrogen) atoms. The van der Waals surface area contributed by atoms with E-state index in [0.29, 0.717) is 16.2 Å². The van der Waals surface area contributed by atoms with Crippen molar-refractivity contribution in [1.29, 1.82) is 0 Å². The summed E-state index contributed by atoms with van der Waals surface area (Å²) in [7, 11) is 3.53. The lowest BCUT2D eigenvalue weighted by Gasteiger charge is -2.16. The van der Waals surface area contributed by atoms with Crippen LogP contribution in [0.5, 0.6) is 0 Å². The van der Waals surface area contributed by atoms with Crippen molar-refractivity contribution < 1.29 is 4.79 Å². The van der Waals surface area contributed by atoms with Gasteiger partial charge in [-0.1, -0.05) is 35.2 Å². The van der Waals surface area contributed by atoms with Crippen LogP contribution >= 0.6 is 11.8 Å². The maximum atomic E-state index is 12.3. The number of aromatic nitrogens is 5. The molecule has 0 fully saturated rings. The number of amides is 1. The molecule has 0 N–H and O–H groups in total. The summed E-state index contributed by atoms with van der Waals surface area (Å²) >= 11 is 1.34. The van der Waals surface area contributed by atoms with E-state index in [4.69, 9.17) is 0 Å². The van der Waals surface area contributed by atoms with Crippen molar-refractivity contribution >= 4 is 34.5 Å². The number of carbonyl (C=O) groups excluding carboxylic acids is 1. The van der Waals surface area contributed by atoms with Gasteiger partial charge in [0.25, 0.3) is 0 Å². The highest BCUT2D eigenvalue weighted by Crippen LogP contribution is 2.23. The second-order valence-electron chi connectivity index (χ2n) is 4.64. The van der Waals surface area contributed by atoms with Crippen LogP contribution in [0.2, 0.25) is 0 Å². The summed E-state index contributed by atoms with van der Waals surface area (Å²) in [5, 5.41) is 8.62. The smallest absolute Gasteiger partial charge is 0.237 e. The zero-order valence-electron chi connectivity index (χ0n) is 12.2. The Hall–Kier alpha value is -2.48. The zero-order chi connectivity index (χ0) is 15.5. The first-order valence-electron chi connectivity index (χ1n) is 6.61. The van der Waals surface area contributed by atoms with Gasteiger partial charge in [0.2, 0.25) is 5.91 Å². The summed E-state index contributed by atoms with van der Waals surface area (Å²) in [6.45, 7) is 0. The Bertz CT molecular complexity index is 803. The van der Waals surface area contributed by atoms with E-state index in [9.17, 15) is 4.79 Å². The van der Waals surface area contributed by atoms with Gasteiger partial charge >= 0.3 is 0 Å². The molecule has 0 unspecified atom stereocenters. The van der Waals surface area contributed by atoms with Crippen molar-refractivity contribution in [3.8, 4) is 0 Å². The highest BCUT2D eigenvalue weighted by molar-refractivity contribution is 8.00. The fourth-order valence-electron chi connectivity index (χ4n) is 1.96. The number of carbonyl (C=O) groups is 1. The Balaban J connectivity index is 1.73. The third kappa shape index (κ3) is 2.77. The summed E-state index contributed by atoms with van der Waals surface area (Å²) in [5.41, 5.74) is 2.13. The van der Waals surface area contributed by atoms with Crippen LogP contribution in [0, 0.1) is 0 Å². The maximum absolute atomic E-state index is 12.3. The molecule has 8 heteroatoms.